The predicted molar refractivity (Wildman–Crippen MR) is 109 cm³/mol. The van der Waals surface area contributed by atoms with Crippen LogP contribution in [0.15, 0.2) is 65.6 Å². The van der Waals surface area contributed by atoms with Crippen molar-refractivity contribution in [2.24, 2.45) is 0 Å². The molecule has 4 rings (SSSR count). The fourth-order valence-corrected chi connectivity index (χ4v) is 3.73. The lowest BCUT2D eigenvalue weighted by Gasteiger charge is -2.22. The minimum atomic E-state index is -0.243. The Labute approximate surface area is 164 Å². The Kier molecular flexibility index (Phi) is 5.48. The summed E-state index contributed by atoms with van der Waals surface area (Å²) in [5.74, 6) is -0.0139. The van der Waals surface area contributed by atoms with E-state index in [0.717, 1.165) is 38.1 Å². The number of benzene rings is 2. The van der Waals surface area contributed by atoms with Crippen molar-refractivity contribution >= 4 is 16.9 Å². The van der Waals surface area contributed by atoms with Crippen LogP contribution >= 0.6 is 0 Å². The summed E-state index contributed by atoms with van der Waals surface area (Å²) in [6.07, 6.45) is 2.23. The van der Waals surface area contributed by atoms with Crippen molar-refractivity contribution in [2.45, 2.75) is 19.5 Å². The van der Waals surface area contributed by atoms with Gasteiger partial charge in [-0.3, -0.25) is 19.1 Å². The summed E-state index contributed by atoms with van der Waals surface area (Å²) in [5, 5.41) is 0. The largest absolute Gasteiger partial charge is 0.340 e. The van der Waals surface area contributed by atoms with E-state index in [1.165, 1.54) is 16.3 Å². The molecular weight excluding hydrogens is 352 g/mol. The van der Waals surface area contributed by atoms with Crippen LogP contribution in [-0.2, 0) is 17.9 Å². The van der Waals surface area contributed by atoms with Crippen LogP contribution in [0.1, 0.15) is 12.0 Å². The van der Waals surface area contributed by atoms with Crippen LogP contribution in [0.4, 0.5) is 0 Å². The van der Waals surface area contributed by atoms with Crippen LogP contribution in [-0.4, -0.2) is 51.4 Å². The first-order chi connectivity index (χ1) is 13.7. The molecule has 2 aromatic carbocycles. The molecule has 0 radical (unpaired) electrons. The molecule has 1 aliphatic heterocycles. The number of aromatic nitrogens is 2. The van der Waals surface area contributed by atoms with Gasteiger partial charge in [-0.1, -0.05) is 42.5 Å². The zero-order chi connectivity index (χ0) is 19.3. The maximum absolute atomic E-state index is 12.9. The number of hydrogen-bond donors (Lipinski definition) is 0. The molecule has 6 heteroatoms. The van der Waals surface area contributed by atoms with Gasteiger partial charge in [-0.25, -0.2) is 4.98 Å². The molecule has 144 valence electrons. The number of nitrogens with zero attached hydrogens (tertiary/aromatic N) is 4. The van der Waals surface area contributed by atoms with E-state index in [4.69, 9.17) is 0 Å². The van der Waals surface area contributed by atoms with Gasteiger partial charge in [-0.05, 0) is 24.1 Å². The summed E-state index contributed by atoms with van der Waals surface area (Å²) in [6.45, 7) is 4.17. The molecule has 1 saturated heterocycles. The van der Waals surface area contributed by atoms with Gasteiger partial charge >= 0.3 is 0 Å². The summed E-state index contributed by atoms with van der Waals surface area (Å²) >= 11 is 0. The molecule has 0 unspecified atom stereocenters. The molecule has 3 aromatic rings. The normalized spacial score (nSPS) is 15.5. The fraction of sp³-hybridized carbons (Fsp3) is 0.318. The third-order valence-corrected chi connectivity index (χ3v) is 5.24. The van der Waals surface area contributed by atoms with Crippen molar-refractivity contribution in [3.63, 3.8) is 0 Å². The monoisotopic (exact) mass is 376 g/mol. The van der Waals surface area contributed by atoms with Gasteiger partial charge < -0.3 is 4.90 Å². The van der Waals surface area contributed by atoms with Gasteiger partial charge in [0.25, 0.3) is 5.56 Å². The lowest BCUT2D eigenvalue weighted by atomic mass is 10.2. The number of para-hydroxylation sites is 2. The smallest absolute Gasteiger partial charge is 0.269 e. The van der Waals surface area contributed by atoms with Crippen molar-refractivity contribution in [1.82, 2.24) is 19.4 Å². The molecule has 0 N–H and O–H groups in total. The molecule has 0 saturated carbocycles. The van der Waals surface area contributed by atoms with Crippen LogP contribution < -0.4 is 5.56 Å². The average molecular weight is 376 g/mol. The Hall–Kier alpha value is -2.99. The molecular formula is C22H24N4O2. The van der Waals surface area contributed by atoms with E-state index in [9.17, 15) is 9.59 Å². The van der Waals surface area contributed by atoms with E-state index in [-0.39, 0.29) is 18.0 Å². The Balaban J connectivity index is 1.43. The van der Waals surface area contributed by atoms with Crippen molar-refractivity contribution in [3.05, 3.63) is 76.7 Å². The maximum atomic E-state index is 12.9. The van der Waals surface area contributed by atoms with Crippen LogP contribution in [0.2, 0.25) is 0 Å². The Morgan fingerprint density at radius 1 is 0.929 bits per heavy atom. The third kappa shape index (κ3) is 4.12. The lowest BCUT2D eigenvalue weighted by Crippen LogP contribution is -2.39. The van der Waals surface area contributed by atoms with Gasteiger partial charge in [-0.15, -0.1) is 0 Å². The third-order valence-electron chi connectivity index (χ3n) is 5.24. The molecule has 6 nitrogen and oxygen atoms in total. The average Bonchev–Trinajstić information content (AvgIpc) is 2.96. The summed E-state index contributed by atoms with van der Waals surface area (Å²) in [6, 6.07) is 17.8. The van der Waals surface area contributed by atoms with Gasteiger partial charge in [0.15, 0.2) is 0 Å². The maximum Gasteiger partial charge on any atom is 0.269 e. The van der Waals surface area contributed by atoms with E-state index >= 15 is 0 Å². The Bertz CT molecular complexity index is 1020. The standard InChI is InChI=1S/C22H24N4O2/c27-21-15-23-19-9-4-5-10-20(19)26(21)17-22(28)25-12-6-11-24(13-14-25)16-18-7-2-1-3-8-18/h1-5,7-10,15H,6,11-14,16-17H2. The molecule has 1 aliphatic rings. The molecule has 0 aliphatic carbocycles. The zero-order valence-corrected chi connectivity index (χ0v) is 15.8. The second-order valence-corrected chi connectivity index (χ2v) is 7.17. The summed E-state index contributed by atoms with van der Waals surface area (Å²) in [4.78, 5) is 33.6. The summed E-state index contributed by atoms with van der Waals surface area (Å²) in [5.41, 5.74) is 2.47. The van der Waals surface area contributed by atoms with Crippen molar-refractivity contribution < 1.29 is 4.79 Å². The minimum Gasteiger partial charge on any atom is -0.340 e. The van der Waals surface area contributed by atoms with Gasteiger partial charge in [0.05, 0.1) is 17.2 Å². The highest BCUT2D eigenvalue weighted by Crippen LogP contribution is 2.11. The highest BCUT2D eigenvalue weighted by atomic mass is 16.2. The molecule has 0 atom stereocenters. The number of fused-ring (bicyclic) bond motifs is 1. The van der Waals surface area contributed by atoms with E-state index in [1.807, 2.05) is 35.2 Å². The van der Waals surface area contributed by atoms with E-state index < -0.39 is 0 Å². The number of carbonyl (C=O) groups excluding carboxylic acids is 1. The minimum absolute atomic E-state index is 0.0139. The second kappa shape index (κ2) is 8.35. The second-order valence-electron chi connectivity index (χ2n) is 7.17. The predicted octanol–water partition coefficient (Wildman–Crippen LogP) is 2.13. The number of carbonyl (C=O) groups is 1. The highest BCUT2D eigenvalue weighted by Gasteiger charge is 2.20. The fourth-order valence-electron chi connectivity index (χ4n) is 3.73. The lowest BCUT2D eigenvalue weighted by molar-refractivity contribution is -0.131. The van der Waals surface area contributed by atoms with Crippen LogP contribution in [0.25, 0.3) is 11.0 Å². The van der Waals surface area contributed by atoms with Gasteiger partial charge in [0.1, 0.15) is 6.54 Å². The topological polar surface area (TPSA) is 58.4 Å². The van der Waals surface area contributed by atoms with Crippen molar-refractivity contribution in [1.29, 1.82) is 0 Å². The quantitative estimate of drug-likeness (QED) is 0.700. The molecule has 0 spiro atoms. The van der Waals surface area contributed by atoms with Gasteiger partial charge in [0, 0.05) is 32.7 Å². The van der Waals surface area contributed by atoms with Gasteiger partial charge in [-0.2, -0.15) is 0 Å². The molecule has 0 bridgehead atoms. The van der Waals surface area contributed by atoms with E-state index in [2.05, 4.69) is 34.1 Å². The molecule has 28 heavy (non-hydrogen) atoms. The van der Waals surface area contributed by atoms with Crippen molar-refractivity contribution in [3.8, 4) is 0 Å². The molecule has 1 amide bonds. The highest BCUT2D eigenvalue weighted by molar-refractivity contribution is 5.80. The first kappa shape index (κ1) is 18.4. The first-order valence-corrected chi connectivity index (χ1v) is 9.69. The summed E-state index contributed by atoms with van der Waals surface area (Å²) < 4.78 is 1.53. The Morgan fingerprint density at radius 3 is 2.57 bits per heavy atom. The van der Waals surface area contributed by atoms with E-state index in [1.54, 1.807) is 0 Å². The van der Waals surface area contributed by atoms with Crippen LogP contribution in [0.3, 0.4) is 0 Å². The van der Waals surface area contributed by atoms with Crippen LogP contribution in [0.5, 0.6) is 0 Å². The van der Waals surface area contributed by atoms with E-state index in [0.29, 0.717) is 12.1 Å². The van der Waals surface area contributed by atoms with Crippen LogP contribution in [0, 0.1) is 0 Å². The SMILES string of the molecule is O=C(Cn1c(=O)cnc2ccccc21)N1CCCN(Cc2ccccc2)CC1. The Morgan fingerprint density at radius 2 is 1.71 bits per heavy atom. The first-order valence-electron chi connectivity index (χ1n) is 9.69. The van der Waals surface area contributed by atoms with Crippen molar-refractivity contribution in [2.75, 3.05) is 26.2 Å². The van der Waals surface area contributed by atoms with Gasteiger partial charge in [0.2, 0.25) is 5.91 Å². The summed E-state index contributed by atoms with van der Waals surface area (Å²) in [7, 11) is 0. The number of hydrogen-bond acceptors (Lipinski definition) is 4. The number of rotatable bonds is 4. The molecule has 2 heterocycles. The zero-order valence-electron chi connectivity index (χ0n) is 15.8. The molecule has 1 aromatic heterocycles. The number of amides is 1. The molecule has 1 fully saturated rings.